The van der Waals surface area contributed by atoms with Gasteiger partial charge in [0.2, 0.25) is 5.91 Å². The quantitative estimate of drug-likeness (QED) is 0.838. The summed E-state index contributed by atoms with van der Waals surface area (Å²) in [5.74, 6) is 1.24. The van der Waals surface area contributed by atoms with Crippen LogP contribution in [0.3, 0.4) is 0 Å². The molecule has 0 bridgehead atoms. The highest BCUT2D eigenvalue weighted by molar-refractivity contribution is 5.90. The third kappa shape index (κ3) is 3.27. The zero-order valence-electron chi connectivity index (χ0n) is 10.1. The number of rotatable bonds is 4. The van der Waals surface area contributed by atoms with E-state index >= 15 is 0 Å². The lowest BCUT2D eigenvalue weighted by molar-refractivity contribution is -0.117. The SMILES string of the molecule is CC(N)c1ccnc(NC(=O)CC2CCC2)c1. The summed E-state index contributed by atoms with van der Waals surface area (Å²) in [5.41, 5.74) is 6.77. The summed E-state index contributed by atoms with van der Waals surface area (Å²) in [6.45, 7) is 1.91. The number of nitrogens with two attached hydrogens (primary N) is 1. The van der Waals surface area contributed by atoms with Gasteiger partial charge in [0.1, 0.15) is 5.82 Å². The summed E-state index contributed by atoms with van der Waals surface area (Å²) in [6.07, 6.45) is 5.92. The van der Waals surface area contributed by atoms with Crippen molar-refractivity contribution in [1.29, 1.82) is 0 Å². The summed E-state index contributed by atoms with van der Waals surface area (Å²) in [6, 6.07) is 3.66. The van der Waals surface area contributed by atoms with Crippen LogP contribution in [0.4, 0.5) is 5.82 Å². The molecule has 1 aliphatic rings. The highest BCUT2D eigenvalue weighted by Crippen LogP contribution is 2.29. The average molecular weight is 233 g/mol. The van der Waals surface area contributed by atoms with Gasteiger partial charge in [-0.1, -0.05) is 6.42 Å². The molecule has 4 heteroatoms. The highest BCUT2D eigenvalue weighted by atomic mass is 16.1. The van der Waals surface area contributed by atoms with E-state index in [0.29, 0.717) is 18.2 Å². The fraction of sp³-hybridized carbons (Fsp3) is 0.538. The van der Waals surface area contributed by atoms with Crippen molar-refractivity contribution in [3.8, 4) is 0 Å². The van der Waals surface area contributed by atoms with E-state index in [0.717, 1.165) is 5.56 Å². The summed E-state index contributed by atoms with van der Waals surface area (Å²) in [4.78, 5) is 15.8. The third-order valence-electron chi connectivity index (χ3n) is 3.28. The van der Waals surface area contributed by atoms with Gasteiger partial charge in [-0.2, -0.15) is 0 Å². The molecule has 3 N–H and O–H groups in total. The maximum atomic E-state index is 11.7. The molecule has 1 fully saturated rings. The van der Waals surface area contributed by atoms with Crippen molar-refractivity contribution in [1.82, 2.24) is 4.98 Å². The first kappa shape index (κ1) is 12.0. The van der Waals surface area contributed by atoms with E-state index in [2.05, 4.69) is 10.3 Å². The van der Waals surface area contributed by atoms with Crippen molar-refractivity contribution in [2.75, 3.05) is 5.32 Å². The fourth-order valence-corrected chi connectivity index (χ4v) is 1.95. The molecule has 1 aromatic heterocycles. The Kier molecular flexibility index (Phi) is 3.74. The van der Waals surface area contributed by atoms with Gasteiger partial charge in [-0.15, -0.1) is 0 Å². The molecule has 1 amide bonds. The second kappa shape index (κ2) is 5.27. The van der Waals surface area contributed by atoms with Crippen molar-refractivity contribution < 1.29 is 4.79 Å². The second-order valence-electron chi connectivity index (χ2n) is 4.81. The number of aromatic nitrogens is 1. The summed E-state index contributed by atoms with van der Waals surface area (Å²) in [7, 11) is 0. The van der Waals surface area contributed by atoms with E-state index < -0.39 is 0 Å². The van der Waals surface area contributed by atoms with Crippen LogP contribution in [0.5, 0.6) is 0 Å². The third-order valence-corrected chi connectivity index (χ3v) is 3.28. The van der Waals surface area contributed by atoms with E-state index in [4.69, 9.17) is 5.73 Å². The van der Waals surface area contributed by atoms with Gasteiger partial charge in [-0.3, -0.25) is 4.79 Å². The normalized spacial score (nSPS) is 17.3. The van der Waals surface area contributed by atoms with Crippen molar-refractivity contribution in [3.63, 3.8) is 0 Å². The smallest absolute Gasteiger partial charge is 0.225 e. The lowest BCUT2D eigenvalue weighted by Crippen LogP contribution is -2.21. The maximum Gasteiger partial charge on any atom is 0.225 e. The van der Waals surface area contributed by atoms with Crippen LogP contribution in [0, 0.1) is 5.92 Å². The number of carbonyl (C=O) groups excluding carboxylic acids is 1. The largest absolute Gasteiger partial charge is 0.324 e. The van der Waals surface area contributed by atoms with Crippen LogP contribution in [0.1, 0.15) is 44.2 Å². The Hall–Kier alpha value is -1.42. The van der Waals surface area contributed by atoms with Gasteiger partial charge < -0.3 is 11.1 Å². The molecule has 2 rings (SSSR count). The van der Waals surface area contributed by atoms with E-state index in [9.17, 15) is 4.79 Å². The van der Waals surface area contributed by atoms with Crippen molar-refractivity contribution >= 4 is 11.7 Å². The predicted octanol–water partition coefficient (Wildman–Crippen LogP) is 2.23. The molecular formula is C13H19N3O. The molecule has 0 spiro atoms. The number of hydrogen-bond acceptors (Lipinski definition) is 3. The summed E-state index contributed by atoms with van der Waals surface area (Å²) < 4.78 is 0. The molecule has 1 saturated carbocycles. The number of anilines is 1. The van der Waals surface area contributed by atoms with Gasteiger partial charge in [0, 0.05) is 18.7 Å². The maximum absolute atomic E-state index is 11.7. The van der Waals surface area contributed by atoms with E-state index in [-0.39, 0.29) is 11.9 Å². The molecule has 92 valence electrons. The van der Waals surface area contributed by atoms with Crippen LogP contribution in [0.15, 0.2) is 18.3 Å². The molecule has 1 unspecified atom stereocenters. The van der Waals surface area contributed by atoms with Gasteiger partial charge in [0.15, 0.2) is 0 Å². The zero-order valence-corrected chi connectivity index (χ0v) is 10.1. The fourth-order valence-electron chi connectivity index (χ4n) is 1.95. The number of pyridine rings is 1. The van der Waals surface area contributed by atoms with E-state index in [1.54, 1.807) is 6.20 Å². The molecular weight excluding hydrogens is 214 g/mol. The standard InChI is InChI=1S/C13H19N3O/c1-9(14)11-5-6-15-12(8-11)16-13(17)7-10-3-2-4-10/h5-6,8-10H,2-4,7,14H2,1H3,(H,15,16,17). The van der Waals surface area contributed by atoms with Crippen LogP contribution in [-0.4, -0.2) is 10.9 Å². The Morgan fingerprint density at radius 1 is 1.65 bits per heavy atom. The number of hydrogen-bond donors (Lipinski definition) is 2. The number of nitrogens with zero attached hydrogens (tertiary/aromatic N) is 1. The number of carbonyl (C=O) groups is 1. The molecule has 0 aromatic carbocycles. The van der Waals surface area contributed by atoms with Crippen LogP contribution in [-0.2, 0) is 4.79 Å². The Labute approximate surface area is 102 Å². The van der Waals surface area contributed by atoms with E-state index in [1.165, 1.54) is 19.3 Å². The van der Waals surface area contributed by atoms with E-state index in [1.807, 2.05) is 19.1 Å². The van der Waals surface area contributed by atoms with Gasteiger partial charge in [0.25, 0.3) is 0 Å². The minimum absolute atomic E-state index is 0.0414. The van der Waals surface area contributed by atoms with Crippen LogP contribution in [0.2, 0.25) is 0 Å². The van der Waals surface area contributed by atoms with Crippen LogP contribution < -0.4 is 11.1 Å². The average Bonchev–Trinajstić information content (AvgIpc) is 2.24. The first-order chi connectivity index (χ1) is 8.15. The molecule has 1 atom stereocenters. The Balaban J connectivity index is 1.92. The Bertz CT molecular complexity index is 399. The van der Waals surface area contributed by atoms with Crippen LogP contribution in [0.25, 0.3) is 0 Å². The Morgan fingerprint density at radius 3 is 3.00 bits per heavy atom. The van der Waals surface area contributed by atoms with Crippen molar-refractivity contribution in [2.24, 2.45) is 11.7 Å². The van der Waals surface area contributed by atoms with Gasteiger partial charge >= 0.3 is 0 Å². The monoisotopic (exact) mass is 233 g/mol. The highest BCUT2D eigenvalue weighted by Gasteiger charge is 2.20. The van der Waals surface area contributed by atoms with Gasteiger partial charge in [-0.05, 0) is 43.4 Å². The van der Waals surface area contributed by atoms with Gasteiger partial charge in [0.05, 0.1) is 0 Å². The topological polar surface area (TPSA) is 68.0 Å². The molecule has 0 saturated heterocycles. The number of amides is 1. The minimum atomic E-state index is -0.0414. The van der Waals surface area contributed by atoms with Crippen molar-refractivity contribution in [3.05, 3.63) is 23.9 Å². The second-order valence-corrected chi connectivity index (χ2v) is 4.81. The molecule has 0 radical (unpaired) electrons. The first-order valence-corrected chi connectivity index (χ1v) is 6.16. The van der Waals surface area contributed by atoms with Gasteiger partial charge in [-0.25, -0.2) is 4.98 Å². The predicted molar refractivity (Wildman–Crippen MR) is 67.4 cm³/mol. The molecule has 0 aliphatic heterocycles. The molecule has 1 aliphatic carbocycles. The molecule has 1 aromatic rings. The first-order valence-electron chi connectivity index (χ1n) is 6.16. The summed E-state index contributed by atoms with van der Waals surface area (Å²) >= 11 is 0. The minimum Gasteiger partial charge on any atom is -0.324 e. The Morgan fingerprint density at radius 2 is 2.41 bits per heavy atom. The summed E-state index contributed by atoms with van der Waals surface area (Å²) in [5, 5.41) is 2.83. The zero-order chi connectivity index (χ0) is 12.3. The number of nitrogens with one attached hydrogen (secondary N) is 1. The molecule has 17 heavy (non-hydrogen) atoms. The van der Waals surface area contributed by atoms with Crippen molar-refractivity contribution in [2.45, 2.75) is 38.6 Å². The molecule has 1 heterocycles. The molecule has 4 nitrogen and oxygen atoms in total. The lowest BCUT2D eigenvalue weighted by atomic mass is 9.83. The lowest BCUT2D eigenvalue weighted by Gasteiger charge is -2.24. The van der Waals surface area contributed by atoms with Crippen LogP contribution >= 0.6 is 0 Å².